The van der Waals surface area contributed by atoms with E-state index in [1.54, 1.807) is 0 Å². The fraction of sp³-hybridized carbons (Fsp3) is 0.800. The Hall–Kier alpha value is -0.900. The first-order valence-electron chi connectivity index (χ1n) is 8.17. The highest BCUT2D eigenvalue weighted by Gasteiger charge is 2.21. The molecule has 132 valence electrons. The lowest BCUT2D eigenvalue weighted by Gasteiger charge is -2.34. The molecule has 1 N–H and O–H groups in total. The minimum absolute atomic E-state index is 0. The Balaban J connectivity index is 0.00000264. The minimum Gasteiger partial charge on any atom is -0.378 e. The monoisotopic (exact) mass is 437 g/mol. The zero-order chi connectivity index (χ0) is 15.8. The highest BCUT2D eigenvalue weighted by atomic mass is 127. The number of hydrogen-bond acceptors (Lipinski definition) is 5. The SMILES string of the molecule is CCNC(=NCCc1nc(C)no1)N1CCC(OCC)CC1.I. The van der Waals surface area contributed by atoms with E-state index in [1.165, 1.54) is 0 Å². The van der Waals surface area contributed by atoms with Crippen LogP contribution in [0.2, 0.25) is 0 Å². The van der Waals surface area contributed by atoms with Crippen LogP contribution < -0.4 is 5.32 Å². The number of ether oxygens (including phenoxy) is 1. The Kier molecular flexibility index (Phi) is 9.46. The molecule has 1 fully saturated rings. The van der Waals surface area contributed by atoms with Gasteiger partial charge in [-0.25, -0.2) is 0 Å². The van der Waals surface area contributed by atoms with E-state index >= 15 is 0 Å². The molecule has 2 heterocycles. The van der Waals surface area contributed by atoms with Gasteiger partial charge in [0.15, 0.2) is 11.8 Å². The normalized spacial score (nSPS) is 16.3. The van der Waals surface area contributed by atoms with Gasteiger partial charge in [0, 0.05) is 32.7 Å². The van der Waals surface area contributed by atoms with Crippen LogP contribution in [-0.4, -0.2) is 59.9 Å². The van der Waals surface area contributed by atoms with E-state index in [4.69, 9.17) is 9.26 Å². The second kappa shape index (κ2) is 10.8. The number of aryl methyl sites for hydroxylation is 1. The molecule has 7 nitrogen and oxygen atoms in total. The van der Waals surface area contributed by atoms with Gasteiger partial charge < -0.3 is 19.5 Å². The summed E-state index contributed by atoms with van der Waals surface area (Å²) in [5, 5.41) is 7.15. The summed E-state index contributed by atoms with van der Waals surface area (Å²) in [5.41, 5.74) is 0. The first-order valence-corrected chi connectivity index (χ1v) is 8.17. The third kappa shape index (κ3) is 6.62. The number of guanidine groups is 1. The molecule has 8 heteroatoms. The molecule has 1 aliphatic rings. The molecular weight excluding hydrogens is 409 g/mol. The number of halogens is 1. The van der Waals surface area contributed by atoms with E-state index in [9.17, 15) is 0 Å². The van der Waals surface area contributed by atoms with Gasteiger partial charge in [-0.05, 0) is 33.6 Å². The van der Waals surface area contributed by atoms with Crippen molar-refractivity contribution in [3.8, 4) is 0 Å². The molecule has 0 radical (unpaired) electrons. The quantitative estimate of drug-likeness (QED) is 0.417. The summed E-state index contributed by atoms with van der Waals surface area (Å²) < 4.78 is 10.8. The maximum atomic E-state index is 5.70. The number of aliphatic imine (C=N–C) groups is 1. The summed E-state index contributed by atoms with van der Waals surface area (Å²) in [7, 11) is 0. The first kappa shape index (κ1) is 20.1. The fourth-order valence-electron chi connectivity index (χ4n) is 2.59. The molecule has 1 saturated heterocycles. The van der Waals surface area contributed by atoms with Crippen LogP contribution in [0.3, 0.4) is 0 Å². The van der Waals surface area contributed by atoms with Crippen LogP contribution >= 0.6 is 24.0 Å². The van der Waals surface area contributed by atoms with E-state index in [1.807, 2.05) is 6.92 Å². The Labute approximate surface area is 155 Å². The Morgan fingerprint density at radius 2 is 2.13 bits per heavy atom. The Bertz CT molecular complexity index is 472. The molecule has 2 rings (SSSR count). The van der Waals surface area contributed by atoms with Crippen molar-refractivity contribution >= 4 is 29.9 Å². The molecule has 0 unspecified atom stereocenters. The fourth-order valence-corrected chi connectivity index (χ4v) is 2.59. The first-order chi connectivity index (χ1) is 10.7. The molecule has 1 aliphatic heterocycles. The van der Waals surface area contributed by atoms with E-state index in [0.29, 0.717) is 30.8 Å². The number of hydrogen-bond donors (Lipinski definition) is 1. The maximum Gasteiger partial charge on any atom is 0.228 e. The Morgan fingerprint density at radius 1 is 1.39 bits per heavy atom. The van der Waals surface area contributed by atoms with Crippen molar-refractivity contribution < 1.29 is 9.26 Å². The highest BCUT2D eigenvalue weighted by Crippen LogP contribution is 2.13. The van der Waals surface area contributed by atoms with Crippen molar-refractivity contribution in [2.24, 2.45) is 4.99 Å². The van der Waals surface area contributed by atoms with Crippen molar-refractivity contribution in [3.63, 3.8) is 0 Å². The van der Waals surface area contributed by atoms with Crippen molar-refractivity contribution in [1.82, 2.24) is 20.4 Å². The summed E-state index contributed by atoms with van der Waals surface area (Å²) in [4.78, 5) is 11.2. The summed E-state index contributed by atoms with van der Waals surface area (Å²) in [6.45, 7) is 10.2. The molecular formula is C15H28IN5O2. The van der Waals surface area contributed by atoms with Crippen molar-refractivity contribution in [2.75, 3.05) is 32.8 Å². The Morgan fingerprint density at radius 3 is 2.70 bits per heavy atom. The van der Waals surface area contributed by atoms with Crippen LogP contribution in [0.15, 0.2) is 9.52 Å². The van der Waals surface area contributed by atoms with Gasteiger partial charge in [-0.2, -0.15) is 4.98 Å². The zero-order valence-electron chi connectivity index (χ0n) is 14.2. The molecule has 0 spiro atoms. The van der Waals surface area contributed by atoms with Crippen LogP contribution in [-0.2, 0) is 11.2 Å². The van der Waals surface area contributed by atoms with Gasteiger partial charge in [-0.3, -0.25) is 4.99 Å². The number of nitrogens with zero attached hydrogens (tertiary/aromatic N) is 4. The molecule has 23 heavy (non-hydrogen) atoms. The predicted octanol–water partition coefficient (Wildman–Crippen LogP) is 2.00. The molecule has 1 aromatic rings. The lowest BCUT2D eigenvalue weighted by Crippen LogP contribution is -2.47. The van der Waals surface area contributed by atoms with E-state index in [2.05, 4.69) is 39.2 Å². The van der Waals surface area contributed by atoms with Gasteiger partial charge in [0.25, 0.3) is 0 Å². The molecule has 0 saturated carbocycles. The van der Waals surface area contributed by atoms with Gasteiger partial charge >= 0.3 is 0 Å². The number of nitrogens with one attached hydrogen (secondary N) is 1. The smallest absolute Gasteiger partial charge is 0.228 e. The predicted molar refractivity (Wildman–Crippen MR) is 100 cm³/mol. The van der Waals surface area contributed by atoms with Crippen LogP contribution in [0.25, 0.3) is 0 Å². The van der Waals surface area contributed by atoms with E-state index < -0.39 is 0 Å². The number of aromatic nitrogens is 2. The van der Waals surface area contributed by atoms with Gasteiger partial charge in [-0.15, -0.1) is 24.0 Å². The molecule has 0 atom stereocenters. The van der Waals surface area contributed by atoms with Crippen LogP contribution in [0.4, 0.5) is 0 Å². The number of piperidine rings is 1. The van der Waals surface area contributed by atoms with Crippen molar-refractivity contribution in [3.05, 3.63) is 11.7 Å². The van der Waals surface area contributed by atoms with E-state index in [-0.39, 0.29) is 24.0 Å². The van der Waals surface area contributed by atoms with Crippen LogP contribution in [0, 0.1) is 6.92 Å². The third-order valence-electron chi connectivity index (χ3n) is 3.64. The second-order valence-corrected chi connectivity index (χ2v) is 5.36. The van der Waals surface area contributed by atoms with Gasteiger partial charge in [0.2, 0.25) is 5.89 Å². The summed E-state index contributed by atoms with van der Waals surface area (Å²) in [6, 6.07) is 0. The van der Waals surface area contributed by atoms with Crippen LogP contribution in [0.1, 0.15) is 38.4 Å². The lowest BCUT2D eigenvalue weighted by molar-refractivity contribution is 0.0264. The zero-order valence-corrected chi connectivity index (χ0v) is 16.6. The van der Waals surface area contributed by atoms with Gasteiger partial charge in [-0.1, -0.05) is 5.16 Å². The van der Waals surface area contributed by atoms with Crippen molar-refractivity contribution in [1.29, 1.82) is 0 Å². The molecule has 0 bridgehead atoms. The maximum absolute atomic E-state index is 5.70. The molecule has 0 aliphatic carbocycles. The average molecular weight is 437 g/mol. The van der Waals surface area contributed by atoms with Crippen molar-refractivity contribution in [2.45, 2.75) is 46.1 Å². The largest absolute Gasteiger partial charge is 0.378 e. The highest BCUT2D eigenvalue weighted by molar-refractivity contribution is 14.0. The van der Waals surface area contributed by atoms with Crippen LogP contribution in [0.5, 0.6) is 0 Å². The van der Waals surface area contributed by atoms with E-state index in [0.717, 1.165) is 45.0 Å². The summed E-state index contributed by atoms with van der Waals surface area (Å²) in [5.74, 6) is 2.28. The average Bonchev–Trinajstić information content (AvgIpc) is 2.93. The standard InChI is InChI=1S/C15H27N5O2.HI/c1-4-16-15(17-9-6-14-18-12(3)19-22-14)20-10-7-13(8-11-20)21-5-2;/h13H,4-11H2,1-3H3,(H,16,17);1H. The lowest BCUT2D eigenvalue weighted by atomic mass is 10.1. The van der Waals surface area contributed by atoms with Gasteiger partial charge in [0.1, 0.15) is 0 Å². The molecule has 1 aromatic heterocycles. The summed E-state index contributed by atoms with van der Waals surface area (Å²) >= 11 is 0. The third-order valence-corrected chi connectivity index (χ3v) is 3.64. The summed E-state index contributed by atoms with van der Waals surface area (Å²) in [6.07, 6.45) is 3.18. The topological polar surface area (TPSA) is 75.8 Å². The minimum atomic E-state index is 0. The molecule has 0 aromatic carbocycles. The second-order valence-electron chi connectivity index (χ2n) is 5.36. The number of rotatable bonds is 6. The number of likely N-dealkylation sites (tertiary alicyclic amines) is 1. The van der Waals surface area contributed by atoms with Gasteiger partial charge in [0.05, 0.1) is 12.6 Å². The molecule has 0 amide bonds.